The molecule has 1 fully saturated rings. The second kappa shape index (κ2) is 12.9. The predicted molar refractivity (Wildman–Crippen MR) is 152 cm³/mol. The van der Waals surface area contributed by atoms with E-state index in [0.717, 1.165) is 54.0 Å². The summed E-state index contributed by atoms with van der Waals surface area (Å²) in [4.78, 5) is 23.3. The van der Waals surface area contributed by atoms with Crippen LogP contribution in [-0.2, 0) is 4.79 Å². The van der Waals surface area contributed by atoms with Gasteiger partial charge in [0.15, 0.2) is 0 Å². The molecule has 0 atom stereocenters. The molecular formula is C28H40N8O. The van der Waals surface area contributed by atoms with Crippen LogP contribution in [0.25, 0.3) is 0 Å². The van der Waals surface area contributed by atoms with Crippen molar-refractivity contribution in [2.24, 2.45) is 39.2 Å². The van der Waals surface area contributed by atoms with Gasteiger partial charge in [-0.05, 0) is 54.6 Å². The lowest BCUT2D eigenvalue weighted by Gasteiger charge is -2.32. The van der Waals surface area contributed by atoms with E-state index in [9.17, 15) is 4.79 Å². The number of amides is 1. The fraction of sp³-hybridized carbons (Fsp3) is 0.429. The summed E-state index contributed by atoms with van der Waals surface area (Å²) in [5.41, 5.74) is 16.3. The van der Waals surface area contributed by atoms with Gasteiger partial charge in [-0.1, -0.05) is 27.7 Å². The number of carbonyl (C=O) groups excluding carboxylic acids is 1. The zero-order valence-corrected chi connectivity index (χ0v) is 22.3. The second-order valence-corrected chi connectivity index (χ2v) is 10.1. The number of likely N-dealkylation sites (tertiary alicyclic amines) is 1. The highest BCUT2D eigenvalue weighted by Gasteiger charge is 2.24. The first kappa shape index (κ1) is 27.7. The third-order valence-corrected chi connectivity index (χ3v) is 6.57. The number of hydrogen-bond donors (Lipinski definition) is 5. The van der Waals surface area contributed by atoms with Gasteiger partial charge in [0.2, 0.25) is 5.91 Å². The Morgan fingerprint density at radius 3 is 2.54 bits per heavy atom. The second-order valence-electron chi connectivity index (χ2n) is 10.1. The Bertz CT molecular complexity index is 1120. The Morgan fingerprint density at radius 2 is 1.92 bits per heavy atom. The van der Waals surface area contributed by atoms with E-state index in [1.54, 1.807) is 12.3 Å². The van der Waals surface area contributed by atoms with Gasteiger partial charge in [-0.2, -0.15) is 0 Å². The van der Waals surface area contributed by atoms with Crippen molar-refractivity contribution in [1.29, 1.82) is 5.41 Å². The molecule has 9 heteroatoms. The van der Waals surface area contributed by atoms with Gasteiger partial charge >= 0.3 is 0 Å². The average molecular weight is 505 g/mol. The summed E-state index contributed by atoms with van der Waals surface area (Å²) in [6, 6.07) is 0. The van der Waals surface area contributed by atoms with Crippen LogP contribution < -0.4 is 22.1 Å². The van der Waals surface area contributed by atoms with Crippen molar-refractivity contribution < 1.29 is 4.79 Å². The standard InChI is InChI=1S/C28H40N8O/c1-18(2)21(13-29)12-26(31)35-27-6-5-24-25(34-27)11-22(17-33-24)23(14-30)16-32-15-20-7-9-36(10-8-20)28(37)19(3)4/h5-6,11-14,16-20,29,33-34H,7-10,15,30H2,1-4H3,(H2,31,35). The van der Waals surface area contributed by atoms with Crippen LogP contribution >= 0.6 is 0 Å². The number of dihydropyridines is 2. The van der Waals surface area contributed by atoms with Crippen molar-refractivity contribution in [3.63, 3.8) is 0 Å². The molecule has 0 aromatic carbocycles. The van der Waals surface area contributed by atoms with Crippen molar-refractivity contribution >= 4 is 24.2 Å². The number of hydrogen-bond acceptors (Lipinski definition) is 7. The summed E-state index contributed by atoms with van der Waals surface area (Å²) in [5.74, 6) is 1.87. The van der Waals surface area contributed by atoms with Crippen LogP contribution in [0.3, 0.4) is 0 Å². The maximum absolute atomic E-state index is 12.2. The molecule has 1 saturated heterocycles. The van der Waals surface area contributed by atoms with Gasteiger partial charge < -0.3 is 32.4 Å². The number of fused-ring (bicyclic) bond motifs is 1. The normalized spacial score (nSPS) is 19.6. The molecule has 3 aliphatic heterocycles. The van der Waals surface area contributed by atoms with Crippen molar-refractivity contribution in [2.45, 2.75) is 40.5 Å². The Balaban J connectivity index is 1.60. The smallest absolute Gasteiger partial charge is 0.225 e. The molecule has 3 heterocycles. The lowest BCUT2D eigenvalue weighted by atomic mass is 9.96. The van der Waals surface area contributed by atoms with Crippen LogP contribution in [0.5, 0.6) is 0 Å². The fourth-order valence-corrected chi connectivity index (χ4v) is 4.26. The summed E-state index contributed by atoms with van der Waals surface area (Å²) in [6.45, 7) is 10.2. The molecule has 7 N–H and O–H groups in total. The first-order chi connectivity index (χ1) is 17.7. The van der Waals surface area contributed by atoms with Gasteiger partial charge in [0, 0.05) is 61.5 Å². The van der Waals surface area contributed by atoms with Gasteiger partial charge in [0.05, 0.1) is 11.4 Å². The number of piperidine rings is 1. The van der Waals surface area contributed by atoms with E-state index in [4.69, 9.17) is 16.9 Å². The number of allylic oxidation sites excluding steroid dienone is 6. The Kier molecular flexibility index (Phi) is 9.65. The molecule has 9 nitrogen and oxygen atoms in total. The molecule has 0 saturated carbocycles. The van der Waals surface area contributed by atoms with Gasteiger partial charge in [-0.15, -0.1) is 0 Å². The molecule has 0 aliphatic carbocycles. The molecule has 0 radical (unpaired) electrons. The quantitative estimate of drug-likeness (QED) is 0.242. The number of carbonyl (C=O) groups is 1. The molecule has 0 unspecified atom stereocenters. The predicted octanol–water partition coefficient (Wildman–Crippen LogP) is 3.08. The van der Waals surface area contributed by atoms with Gasteiger partial charge in [-0.3, -0.25) is 9.79 Å². The topological polar surface area (TPSA) is 145 Å². The summed E-state index contributed by atoms with van der Waals surface area (Å²) in [7, 11) is 0. The van der Waals surface area contributed by atoms with Crippen LogP contribution in [0, 0.1) is 23.2 Å². The van der Waals surface area contributed by atoms with Crippen LogP contribution in [0.4, 0.5) is 0 Å². The van der Waals surface area contributed by atoms with E-state index in [0.29, 0.717) is 24.1 Å². The Morgan fingerprint density at radius 1 is 1.19 bits per heavy atom. The lowest BCUT2D eigenvalue weighted by molar-refractivity contribution is -0.135. The maximum atomic E-state index is 12.2. The average Bonchev–Trinajstić information content (AvgIpc) is 2.89. The minimum Gasteiger partial charge on any atom is -0.404 e. The van der Waals surface area contributed by atoms with E-state index < -0.39 is 0 Å². The zero-order valence-electron chi connectivity index (χ0n) is 22.3. The molecule has 0 spiro atoms. The number of amidine groups is 1. The van der Waals surface area contributed by atoms with E-state index in [1.807, 2.05) is 63.2 Å². The minimum absolute atomic E-state index is 0.0463. The number of nitrogens with two attached hydrogens (primary N) is 2. The number of aliphatic imine (C=N–C) groups is 2. The van der Waals surface area contributed by atoms with Crippen LogP contribution in [0.1, 0.15) is 40.5 Å². The minimum atomic E-state index is 0.0463. The first-order valence-electron chi connectivity index (χ1n) is 12.9. The van der Waals surface area contributed by atoms with Gasteiger partial charge in [0.1, 0.15) is 11.7 Å². The highest BCUT2D eigenvalue weighted by molar-refractivity contribution is 5.97. The van der Waals surface area contributed by atoms with E-state index in [-0.39, 0.29) is 17.7 Å². The summed E-state index contributed by atoms with van der Waals surface area (Å²) < 4.78 is 0. The highest BCUT2D eigenvalue weighted by atomic mass is 16.2. The Labute approximate surface area is 220 Å². The molecule has 0 aromatic rings. The summed E-state index contributed by atoms with van der Waals surface area (Å²) in [5, 5.41) is 14.1. The summed E-state index contributed by atoms with van der Waals surface area (Å²) >= 11 is 0. The maximum Gasteiger partial charge on any atom is 0.225 e. The van der Waals surface area contributed by atoms with Crippen LogP contribution in [0.2, 0.25) is 0 Å². The molecule has 0 bridgehead atoms. The molecule has 3 rings (SSSR count). The van der Waals surface area contributed by atoms with Crippen LogP contribution in [-0.4, -0.2) is 48.7 Å². The number of rotatable bonds is 9. The van der Waals surface area contributed by atoms with E-state index in [1.165, 1.54) is 6.21 Å². The third kappa shape index (κ3) is 7.55. The largest absolute Gasteiger partial charge is 0.404 e. The molecule has 1 amide bonds. The first-order valence-corrected chi connectivity index (χ1v) is 12.9. The zero-order chi connectivity index (χ0) is 26.9. The molecular weight excluding hydrogens is 464 g/mol. The van der Waals surface area contributed by atoms with Gasteiger partial charge in [0.25, 0.3) is 0 Å². The van der Waals surface area contributed by atoms with Crippen LogP contribution in [0.15, 0.2) is 80.6 Å². The summed E-state index contributed by atoms with van der Waals surface area (Å²) in [6.07, 6.45) is 16.0. The van der Waals surface area contributed by atoms with Crippen molar-refractivity contribution in [3.8, 4) is 0 Å². The number of nitrogens with one attached hydrogen (secondary N) is 3. The molecule has 0 aromatic heterocycles. The van der Waals surface area contributed by atoms with E-state index in [2.05, 4.69) is 20.6 Å². The Hall–Kier alpha value is -3.88. The molecule has 37 heavy (non-hydrogen) atoms. The molecule has 3 aliphatic rings. The monoisotopic (exact) mass is 504 g/mol. The van der Waals surface area contributed by atoms with Crippen molar-refractivity contribution in [2.75, 3.05) is 19.6 Å². The molecule has 198 valence electrons. The van der Waals surface area contributed by atoms with Gasteiger partial charge in [-0.25, -0.2) is 4.99 Å². The number of nitrogens with zero attached hydrogens (tertiary/aromatic N) is 3. The fourth-order valence-electron chi connectivity index (χ4n) is 4.26. The van der Waals surface area contributed by atoms with E-state index >= 15 is 0 Å². The third-order valence-electron chi connectivity index (χ3n) is 6.57. The van der Waals surface area contributed by atoms with Crippen molar-refractivity contribution in [3.05, 3.63) is 70.6 Å². The van der Waals surface area contributed by atoms with Crippen molar-refractivity contribution in [1.82, 2.24) is 15.5 Å². The SMILES string of the molecule is CC(C)C(=O)N1CCC(CN=CC(=CN)C2=CNC3=CC=C(N=C(N)C=C(C=N)C(C)C)NC3=C2)CC1. The highest BCUT2D eigenvalue weighted by Crippen LogP contribution is 2.23. The lowest BCUT2D eigenvalue weighted by Crippen LogP contribution is -2.41.